The van der Waals surface area contributed by atoms with E-state index in [4.69, 9.17) is 37.6 Å². The normalized spacial score (nSPS) is 14.5. The highest BCUT2D eigenvalue weighted by molar-refractivity contribution is 9.10. The van der Waals surface area contributed by atoms with E-state index in [0.29, 0.717) is 93.7 Å². The lowest BCUT2D eigenvalue weighted by Gasteiger charge is -2.29. The molecule has 0 fully saturated rings. The van der Waals surface area contributed by atoms with Crippen molar-refractivity contribution in [2.24, 2.45) is 14.1 Å². The maximum atomic E-state index is 12.4. The van der Waals surface area contributed by atoms with Crippen LogP contribution in [0.1, 0.15) is 227 Å². The summed E-state index contributed by atoms with van der Waals surface area (Å²) < 4.78 is 44.0. The van der Waals surface area contributed by atoms with Crippen molar-refractivity contribution in [3.05, 3.63) is 293 Å². The summed E-state index contributed by atoms with van der Waals surface area (Å²) in [6.45, 7) is 35.0. The number of carboxylic acids is 1. The van der Waals surface area contributed by atoms with Gasteiger partial charge in [-0.1, -0.05) is 132 Å². The van der Waals surface area contributed by atoms with E-state index in [0.717, 1.165) is 124 Å². The fraction of sp³-hybridized carbons (Fsp3) is 0.387. The molecule has 6 aliphatic rings. The summed E-state index contributed by atoms with van der Waals surface area (Å²) in [6.07, 6.45) is 16.7. The van der Waals surface area contributed by atoms with Gasteiger partial charge in [-0.05, 0) is 306 Å². The number of aryl methyl sites for hydroxylation is 2. The molecule has 0 unspecified atom stereocenters. The number of nitrogens with zero attached hydrogens (tertiary/aromatic N) is 9. The molecule has 5 N–H and O–H groups in total. The van der Waals surface area contributed by atoms with E-state index in [1.54, 1.807) is 122 Å². The third-order valence-electron chi connectivity index (χ3n) is 22.7. The second kappa shape index (κ2) is 54.2. The predicted octanol–water partition coefficient (Wildman–Crippen LogP) is 18.7. The van der Waals surface area contributed by atoms with Crippen LogP contribution in [-0.2, 0) is 47.3 Å². The van der Waals surface area contributed by atoms with Gasteiger partial charge >= 0.3 is 53.8 Å². The third-order valence-corrected chi connectivity index (χ3v) is 23.2. The van der Waals surface area contributed by atoms with Crippen LogP contribution in [0.4, 0.5) is 19.2 Å². The molecule has 34 nitrogen and oxygen atoms in total. The number of aromatic nitrogens is 4. The number of nitrogens with one attached hydrogen (secondary N) is 4. The number of methoxy groups -OCH3 is 2. The Morgan fingerprint density at radius 3 is 0.952 bits per heavy atom. The SMILES string of the molecule is CC(C)(C)OC(=O)N1CC=C(c2ccc(C(=O)O)cc2)CC1.CCC(=O)N1CC=C(c2ccc(-c3nn(C)c(=O)o3)cc2)CC1.CCNC(=O)c1ccc(C2=CCNCC2)cc1.CN(NC(=O)c1ccc(C2=CCN(C(=O)OC(C)(C)C)CC2)cc1)C(=O)OC(C)(C)C.COC(=O)c1ccc(Br)cc1.COC(=O)c1ccc(C2=CCN(C(=O)OC(C)(C)C)CC2)cc1.Cn1nc(-c2ccc(C3=CCNCC3)cc2)oc1=O. The Labute approximate surface area is 861 Å². The van der Waals surface area contributed by atoms with Crippen LogP contribution >= 0.6 is 15.9 Å². The average Bonchev–Trinajstić information content (AvgIpc) is 1.49. The van der Waals surface area contributed by atoms with E-state index in [-0.39, 0.29) is 47.6 Å². The number of aromatic carboxylic acids is 1. The summed E-state index contributed by atoms with van der Waals surface area (Å²) in [5, 5.41) is 27.4. The molecule has 778 valence electrons. The van der Waals surface area contributed by atoms with Crippen molar-refractivity contribution in [2.45, 2.75) is 164 Å². The Bertz CT molecular complexity index is 6300. The van der Waals surface area contributed by atoms with Crippen LogP contribution in [0.5, 0.6) is 0 Å². The fourth-order valence-electron chi connectivity index (χ4n) is 15.0. The van der Waals surface area contributed by atoms with E-state index in [2.05, 4.69) is 70.5 Å². The van der Waals surface area contributed by atoms with Gasteiger partial charge in [-0.2, -0.15) is 9.36 Å². The molecule has 0 saturated carbocycles. The molecule has 0 atom stereocenters. The zero-order chi connectivity index (χ0) is 107. The molecule has 35 heteroatoms. The lowest BCUT2D eigenvalue weighted by molar-refractivity contribution is -0.130. The molecule has 0 aliphatic carbocycles. The van der Waals surface area contributed by atoms with Gasteiger partial charge in [-0.25, -0.2) is 48.2 Å². The number of hydrazine groups is 1. The minimum atomic E-state index is -0.930. The first-order valence-electron chi connectivity index (χ1n) is 48.4. The second-order valence-electron chi connectivity index (χ2n) is 38.4. The summed E-state index contributed by atoms with van der Waals surface area (Å²) in [5.41, 5.74) is 18.4. The van der Waals surface area contributed by atoms with E-state index < -0.39 is 51.9 Å². The summed E-state index contributed by atoms with van der Waals surface area (Å²) in [4.78, 5) is 147. The molecule has 0 saturated heterocycles. The van der Waals surface area contributed by atoms with Crippen LogP contribution in [-0.4, -0.2) is 238 Å². The highest BCUT2D eigenvalue weighted by Crippen LogP contribution is 2.32. The molecular weight excluding hydrogens is 1930 g/mol. The molecule has 15 rings (SSSR count). The van der Waals surface area contributed by atoms with E-state index in [1.807, 2.05) is 196 Å². The molecule has 0 bridgehead atoms. The van der Waals surface area contributed by atoms with Crippen molar-refractivity contribution >= 4 is 109 Å². The zero-order valence-corrected chi connectivity index (χ0v) is 88.4. The number of esters is 2. The zero-order valence-electron chi connectivity index (χ0n) is 86.8. The van der Waals surface area contributed by atoms with Gasteiger partial charge in [0, 0.05) is 126 Å². The number of ether oxygens (including phenoxy) is 6. The van der Waals surface area contributed by atoms with Gasteiger partial charge < -0.3 is 77.9 Å². The quantitative estimate of drug-likeness (QED) is 0.0361. The number of hydrogen-bond donors (Lipinski definition) is 5. The van der Waals surface area contributed by atoms with Crippen molar-refractivity contribution < 1.29 is 90.3 Å². The maximum Gasteiger partial charge on any atom is 0.437 e. The smallest absolute Gasteiger partial charge is 0.437 e. The molecular formula is C111H136BrN13O21. The first-order chi connectivity index (χ1) is 69.2. The van der Waals surface area contributed by atoms with Gasteiger partial charge in [0.25, 0.3) is 11.8 Å². The van der Waals surface area contributed by atoms with Crippen molar-refractivity contribution in [3.8, 4) is 22.9 Å². The summed E-state index contributed by atoms with van der Waals surface area (Å²) in [6, 6.07) is 51.8. The van der Waals surface area contributed by atoms with Crippen molar-refractivity contribution in [2.75, 3.05) is 106 Å². The number of carboxylic acid groups (broad SMARTS) is 1. The molecule has 8 heterocycles. The minimum Gasteiger partial charge on any atom is -0.478 e. The van der Waals surface area contributed by atoms with Crippen LogP contribution in [0.2, 0.25) is 0 Å². The Hall–Kier alpha value is -14.8. The molecule has 7 amide bonds. The number of halogens is 1. The lowest BCUT2D eigenvalue weighted by atomic mass is 9.98. The van der Waals surface area contributed by atoms with Gasteiger partial charge in [-0.15, -0.1) is 10.2 Å². The highest BCUT2D eigenvalue weighted by Gasteiger charge is 2.30. The maximum absolute atomic E-state index is 12.4. The number of amides is 7. The van der Waals surface area contributed by atoms with Gasteiger partial charge in [0.05, 0.1) is 30.9 Å². The van der Waals surface area contributed by atoms with E-state index >= 15 is 0 Å². The Morgan fingerprint density at radius 1 is 0.397 bits per heavy atom. The number of carbonyl (C=O) groups is 10. The number of hydrogen-bond acceptors (Lipinski definition) is 24. The molecule has 0 radical (unpaired) electrons. The lowest BCUT2D eigenvalue weighted by Crippen LogP contribution is -2.45. The summed E-state index contributed by atoms with van der Waals surface area (Å²) in [5.74, 6) is -2.03. The molecule has 7 aromatic carbocycles. The largest absolute Gasteiger partial charge is 0.478 e. The Morgan fingerprint density at radius 2 is 0.685 bits per heavy atom. The predicted molar refractivity (Wildman–Crippen MR) is 565 cm³/mol. The van der Waals surface area contributed by atoms with E-state index in [9.17, 15) is 57.5 Å². The van der Waals surface area contributed by atoms with E-state index in [1.165, 1.54) is 64.1 Å². The van der Waals surface area contributed by atoms with Crippen LogP contribution in [0.15, 0.2) is 229 Å². The van der Waals surface area contributed by atoms with Crippen molar-refractivity contribution in [1.29, 1.82) is 0 Å². The standard InChI is InChI=1S/C23H33N3O5.C18H23NO4.C17H19N3O3.C17H21NO4.C14H15N3O2.C14H18N2O.C8H7BrO2/c1-22(2,3)30-20(28)25(7)24-19(27)18-10-8-16(9-11-18)17-12-14-26(15-13-17)21(29)31-23(4,5)6;1-18(2,3)23-17(21)19-11-9-14(10-12-19)13-5-7-15(8-6-13)16(20)22-4;1-3-15(21)20-10-8-13(9-11-20)12-4-6-14(7-5-12)16-18-19(2)17(22)23-16;1-17(2,3)22-16(21)18-10-8-13(9-11-18)12-4-6-14(7-5-12)15(19)20;1-17-14(18)19-13(16-17)12-4-2-10(3-5-12)11-6-8-15-9-7-11;1-2-16-14(17)13-5-3-11(4-6-13)12-7-9-15-10-8-12;1-11-8(10)6-2-4-7(9)5-3-6/h8-12H,13-15H2,1-7H3,(H,24,27);5-9H,10-12H2,1-4H3;4-8H,3,9-11H2,1-2H3;4-8H,9-11H2,1-3H3,(H,19,20);2-6,15H,7-9H2,1H3;3-7,15H,2,8-10H2,1H3,(H,16,17);2-5H,1H3. The van der Waals surface area contributed by atoms with Gasteiger partial charge in [0.15, 0.2) is 0 Å². The Balaban J connectivity index is 0.000000192. The van der Waals surface area contributed by atoms with Gasteiger partial charge in [0.1, 0.15) is 22.4 Å². The fourth-order valence-corrected chi connectivity index (χ4v) is 15.3. The van der Waals surface area contributed by atoms with Crippen molar-refractivity contribution in [3.63, 3.8) is 0 Å². The molecule has 0 spiro atoms. The number of rotatable bonds is 15. The highest BCUT2D eigenvalue weighted by atomic mass is 79.9. The molecule has 2 aromatic heterocycles. The van der Waals surface area contributed by atoms with Crippen LogP contribution < -0.4 is 32.9 Å². The van der Waals surface area contributed by atoms with Gasteiger partial charge in [0.2, 0.25) is 17.7 Å². The minimum absolute atomic E-state index is 0.00154. The summed E-state index contributed by atoms with van der Waals surface area (Å²) in [7, 11) is 7.29. The molecule has 146 heavy (non-hydrogen) atoms. The summed E-state index contributed by atoms with van der Waals surface area (Å²) >= 11 is 3.26. The average molecular weight is 2070 g/mol. The van der Waals surface area contributed by atoms with Gasteiger partial charge in [-0.3, -0.25) is 19.8 Å². The van der Waals surface area contributed by atoms with Crippen LogP contribution in [0, 0.1) is 0 Å². The second-order valence-corrected chi connectivity index (χ2v) is 39.4. The monoisotopic (exact) mass is 2070 g/mol. The van der Waals surface area contributed by atoms with Crippen molar-refractivity contribution in [1.82, 2.24) is 65.5 Å². The number of benzene rings is 7. The van der Waals surface area contributed by atoms with Crippen LogP contribution in [0.3, 0.4) is 0 Å². The first-order valence-corrected chi connectivity index (χ1v) is 49.2. The third kappa shape index (κ3) is 36.8. The van der Waals surface area contributed by atoms with Crippen LogP contribution in [0.25, 0.3) is 56.3 Å². The number of carbonyl (C=O) groups excluding carboxylic acids is 9. The topological polar surface area (TPSA) is 407 Å². The molecule has 6 aliphatic heterocycles. The first kappa shape index (κ1) is 115. The Kier molecular flexibility index (Phi) is 42.6. The molecule has 9 aromatic rings.